The molecule has 0 amide bonds. The lowest BCUT2D eigenvalue weighted by atomic mass is 9.61. The average molecular weight is 521 g/mol. The Morgan fingerprint density at radius 2 is 2.00 bits per heavy atom. The van der Waals surface area contributed by atoms with Crippen LogP contribution in [0.1, 0.15) is 55.8 Å². The fourth-order valence-corrected chi connectivity index (χ4v) is 6.67. The van der Waals surface area contributed by atoms with Gasteiger partial charge in [0.15, 0.2) is 0 Å². The molecule has 8 nitrogen and oxygen atoms in total. The number of hydrogen-bond donors (Lipinski definition) is 4. The van der Waals surface area contributed by atoms with Gasteiger partial charge in [0.25, 0.3) is 0 Å². The van der Waals surface area contributed by atoms with Crippen LogP contribution in [0.2, 0.25) is 0 Å². The molecular weight excluding hydrogens is 476 g/mol. The predicted octanol–water partition coefficient (Wildman–Crippen LogP) is 4.13. The van der Waals surface area contributed by atoms with Gasteiger partial charge in [0, 0.05) is 55.0 Å². The molecule has 5 N–H and O–H groups in total. The lowest BCUT2D eigenvalue weighted by Gasteiger charge is -2.58. The molecule has 2 heterocycles. The van der Waals surface area contributed by atoms with Gasteiger partial charge in [0.05, 0.1) is 30.6 Å². The van der Waals surface area contributed by atoms with Crippen molar-refractivity contribution in [2.75, 3.05) is 44.9 Å². The lowest BCUT2D eigenvalue weighted by Crippen LogP contribution is -2.64. The molecule has 206 valence electrons. The summed E-state index contributed by atoms with van der Waals surface area (Å²) >= 11 is 0. The second-order valence-corrected chi connectivity index (χ2v) is 11.7. The van der Waals surface area contributed by atoms with Crippen LogP contribution in [-0.2, 0) is 13.1 Å². The SMILES string of the molecule is CCCC(CCO)Nc1cc(N)cc2c(C)nn(Cc3ccc(CNC4CC5(C4)CN(C)C5)cc3OC)c12. The van der Waals surface area contributed by atoms with E-state index in [-0.39, 0.29) is 12.6 Å². The number of aliphatic hydroxyl groups excluding tert-OH is 1. The van der Waals surface area contributed by atoms with Crippen LogP contribution in [-0.4, -0.2) is 65.7 Å². The molecule has 1 saturated carbocycles. The summed E-state index contributed by atoms with van der Waals surface area (Å²) in [5, 5.41) is 22.9. The number of ether oxygens (including phenoxy) is 1. The monoisotopic (exact) mass is 520 g/mol. The first-order chi connectivity index (χ1) is 18.3. The number of aliphatic hydroxyl groups is 1. The highest BCUT2D eigenvalue weighted by Gasteiger charge is 2.50. The van der Waals surface area contributed by atoms with Gasteiger partial charge in [-0.05, 0) is 68.8 Å². The lowest BCUT2D eigenvalue weighted by molar-refractivity contribution is -0.0651. The summed E-state index contributed by atoms with van der Waals surface area (Å²) in [7, 11) is 3.95. The summed E-state index contributed by atoms with van der Waals surface area (Å²) in [6, 6.07) is 11.3. The van der Waals surface area contributed by atoms with Gasteiger partial charge in [-0.1, -0.05) is 25.5 Å². The van der Waals surface area contributed by atoms with E-state index in [1.54, 1.807) is 7.11 Å². The molecule has 1 aliphatic carbocycles. The summed E-state index contributed by atoms with van der Waals surface area (Å²) in [4.78, 5) is 2.41. The van der Waals surface area contributed by atoms with Crippen LogP contribution in [0.25, 0.3) is 10.9 Å². The summed E-state index contributed by atoms with van der Waals surface area (Å²) in [6.07, 6.45) is 5.29. The maximum absolute atomic E-state index is 9.57. The zero-order chi connectivity index (χ0) is 26.9. The Morgan fingerprint density at radius 3 is 2.68 bits per heavy atom. The molecule has 1 unspecified atom stereocenters. The van der Waals surface area contributed by atoms with Gasteiger partial charge in [-0.15, -0.1) is 0 Å². The minimum atomic E-state index is 0.152. The molecule has 5 rings (SSSR count). The number of nitrogens with zero attached hydrogens (tertiary/aromatic N) is 3. The molecular formula is C30H44N6O2. The summed E-state index contributed by atoms with van der Waals surface area (Å²) in [6.45, 7) is 8.29. The van der Waals surface area contributed by atoms with Gasteiger partial charge >= 0.3 is 0 Å². The Labute approximate surface area is 226 Å². The van der Waals surface area contributed by atoms with Crippen molar-refractivity contribution in [1.82, 2.24) is 20.0 Å². The molecule has 1 saturated heterocycles. The van der Waals surface area contributed by atoms with Gasteiger partial charge in [0.2, 0.25) is 0 Å². The van der Waals surface area contributed by atoms with E-state index in [1.165, 1.54) is 31.5 Å². The van der Waals surface area contributed by atoms with Crippen molar-refractivity contribution in [2.24, 2.45) is 5.41 Å². The second kappa shape index (κ2) is 11.1. The number of anilines is 2. The first kappa shape index (κ1) is 26.8. The van der Waals surface area contributed by atoms with E-state index < -0.39 is 0 Å². The van der Waals surface area contributed by atoms with E-state index >= 15 is 0 Å². The standard InChI is InChI=1S/C30H44N6O2/c1-5-6-24(9-10-37)33-27-13-23(31)12-26-20(2)34-36(29(26)27)17-22-8-7-21(11-28(22)38-4)16-32-25-14-30(15-25)18-35(3)19-30/h7-8,11-13,24-25,32-33,37H,5-6,9-10,14-19,31H2,1-4H3. The molecule has 2 aromatic carbocycles. The van der Waals surface area contributed by atoms with Crippen molar-refractivity contribution in [3.05, 3.63) is 47.2 Å². The van der Waals surface area contributed by atoms with Crippen molar-refractivity contribution in [3.8, 4) is 5.75 Å². The largest absolute Gasteiger partial charge is 0.496 e. The van der Waals surface area contributed by atoms with Gasteiger partial charge in [-0.3, -0.25) is 4.68 Å². The number of aryl methyl sites for hydroxylation is 1. The van der Waals surface area contributed by atoms with Crippen LogP contribution < -0.4 is 21.1 Å². The van der Waals surface area contributed by atoms with Crippen molar-refractivity contribution in [1.29, 1.82) is 0 Å². The van der Waals surface area contributed by atoms with E-state index in [2.05, 4.69) is 47.7 Å². The first-order valence-electron chi connectivity index (χ1n) is 14.0. The van der Waals surface area contributed by atoms with Crippen LogP contribution in [0, 0.1) is 12.3 Å². The minimum absolute atomic E-state index is 0.152. The van der Waals surface area contributed by atoms with Gasteiger partial charge in [0.1, 0.15) is 5.75 Å². The van der Waals surface area contributed by atoms with Crippen LogP contribution in [0.4, 0.5) is 11.4 Å². The number of nitrogens with one attached hydrogen (secondary N) is 2. The Bertz CT molecular complexity index is 1250. The van der Waals surface area contributed by atoms with Crippen LogP contribution >= 0.6 is 0 Å². The summed E-state index contributed by atoms with van der Waals surface area (Å²) < 4.78 is 7.88. The smallest absolute Gasteiger partial charge is 0.124 e. The fourth-order valence-electron chi connectivity index (χ4n) is 6.67. The Kier molecular flexibility index (Phi) is 7.84. The maximum Gasteiger partial charge on any atom is 0.124 e. The third kappa shape index (κ3) is 5.48. The highest BCUT2D eigenvalue weighted by Crippen LogP contribution is 2.47. The minimum Gasteiger partial charge on any atom is -0.496 e. The van der Waals surface area contributed by atoms with E-state index in [0.29, 0.717) is 30.1 Å². The molecule has 1 spiro atoms. The van der Waals surface area contributed by atoms with Gasteiger partial charge in [-0.2, -0.15) is 5.10 Å². The van der Waals surface area contributed by atoms with Crippen molar-refractivity contribution in [2.45, 2.75) is 71.1 Å². The number of nitrogens with two attached hydrogens (primary N) is 1. The number of rotatable bonds is 12. The highest BCUT2D eigenvalue weighted by molar-refractivity contribution is 5.95. The number of nitrogen functional groups attached to an aromatic ring is 1. The number of hydrogen-bond acceptors (Lipinski definition) is 7. The Balaban J connectivity index is 1.33. The molecule has 1 atom stereocenters. The molecule has 1 aromatic heterocycles. The molecule has 8 heteroatoms. The second-order valence-electron chi connectivity index (χ2n) is 11.7. The van der Waals surface area contributed by atoms with Crippen LogP contribution in [0.3, 0.4) is 0 Å². The van der Waals surface area contributed by atoms with Crippen molar-refractivity contribution in [3.63, 3.8) is 0 Å². The highest BCUT2D eigenvalue weighted by atomic mass is 16.5. The van der Waals surface area contributed by atoms with Crippen molar-refractivity contribution < 1.29 is 9.84 Å². The normalized spacial score (nSPS) is 17.9. The predicted molar refractivity (Wildman–Crippen MR) is 155 cm³/mol. The molecule has 3 aromatic rings. The third-order valence-electron chi connectivity index (χ3n) is 8.36. The quantitative estimate of drug-likeness (QED) is 0.267. The van der Waals surface area contributed by atoms with Crippen molar-refractivity contribution >= 4 is 22.3 Å². The third-order valence-corrected chi connectivity index (χ3v) is 8.36. The van der Waals surface area contributed by atoms with Gasteiger partial charge in [-0.25, -0.2) is 0 Å². The number of aromatic nitrogens is 2. The molecule has 38 heavy (non-hydrogen) atoms. The number of methoxy groups -OCH3 is 1. The number of likely N-dealkylation sites (tertiary alicyclic amines) is 1. The molecule has 0 bridgehead atoms. The van der Waals surface area contributed by atoms with E-state index in [0.717, 1.165) is 53.0 Å². The molecule has 2 aliphatic rings. The summed E-state index contributed by atoms with van der Waals surface area (Å²) in [5.41, 5.74) is 12.8. The van der Waals surface area contributed by atoms with Gasteiger partial charge < -0.3 is 31.1 Å². The van der Waals surface area contributed by atoms with E-state index in [9.17, 15) is 5.11 Å². The molecule has 1 aliphatic heterocycles. The zero-order valence-electron chi connectivity index (χ0n) is 23.4. The van der Waals surface area contributed by atoms with E-state index in [1.807, 2.05) is 23.7 Å². The Hall–Kier alpha value is -2.81. The fraction of sp³-hybridized carbons (Fsp3) is 0.567. The summed E-state index contributed by atoms with van der Waals surface area (Å²) in [5.74, 6) is 0.880. The Morgan fingerprint density at radius 1 is 1.21 bits per heavy atom. The first-order valence-corrected chi connectivity index (χ1v) is 14.0. The van der Waals surface area contributed by atoms with Crippen LogP contribution in [0.5, 0.6) is 5.75 Å². The zero-order valence-corrected chi connectivity index (χ0v) is 23.4. The van der Waals surface area contributed by atoms with E-state index in [4.69, 9.17) is 15.6 Å². The van der Waals surface area contributed by atoms with Crippen LogP contribution in [0.15, 0.2) is 30.3 Å². The number of fused-ring (bicyclic) bond motifs is 1. The molecule has 0 radical (unpaired) electrons. The number of benzene rings is 2. The maximum atomic E-state index is 9.57. The average Bonchev–Trinajstić information content (AvgIpc) is 3.15. The molecule has 2 fully saturated rings. The topological polar surface area (TPSA) is 101 Å².